The summed E-state index contributed by atoms with van der Waals surface area (Å²) in [5, 5.41) is 15.1. The topological polar surface area (TPSA) is 25.8 Å². The summed E-state index contributed by atoms with van der Waals surface area (Å²) in [6, 6.07) is 70.2. The lowest BCUT2D eigenvalue weighted by molar-refractivity contribution is 1.24. The van der Waals surface area contributed by atoms with Gasteiger partial charge in [-0.25, -0.2) is 9.97 Å². The van der Waals surface area contributed by atoms with Crippen LogP contribution in [0.5, 0.6) is 0 Å². The number of hydrogen-bond acceptors (Lipinski definition) is 3. The lowest BCUT2D eigenvalue weighted by atomic mass is 9.91. The molecule has 0 unspecified atom stereocenters. The zero-order chi connectivity index (χ0) is 37.5. The smallest absolute Gasteiger partial charge is 0.161 e. The minimum atomic E-state index is 0.730. The van der Waals surface area contributed by atoms with Gasteiger partial charge in [0.25, 0.3) is 0 Å². The second-order valence-electron chi connectivity index (χ2n) is 14.9. The SMILES string of the molecule is c1ccc(-c2nc(-c3cccc(-c4cccc(-c5ccc6c7ccccc7c7ccccc7c6c5)c4)c3)nc3sc4c5ccccc5c5ccccc5c4c23)cc1. The van der Waals surface area contributed by atoms with E-state index in [-0.39, 0.29) is 0 Å². The Morgan fingerprint density at radius 3 is 1.35 bits per heavy atom. The highest BCUT2D eigenvalue weighted by Crippen LogP contribution is 2.47. The fourth-order valence-electron chi connectivity index (χ4n) is 9.04. The quantitative estimate of drug-likeness (QED) is 0.168. The molecule has 3 heteroatoms. The molecule has 264 valence electrons. The Balaban J connectivity index is 1.02. The zero-order valence-electron chi connectivity index (χ0n) is 30.8. The second-order valence-corrected chi connectivity index (χ2v) is 15.9. The van der Waals surface area contributed by atoms with Crippen LogP contribution in [0, 0.1) is 0 Å². The highest BCUT2D eigenvalue weighted by molar-refractivity contribution is 7.26. The molecule has 12 aromatic rings. The highest BCUT2D eigenvalue weighted by Gasteiger charge is 2.21. The van der Waals surface area contributed by atoms with Crippen molar-refractivity contribution >= 4 is 85.5 Å². The third-order valence-corrected chi connectivity index (χ3v) is 12.8. The summed E-state index contributed by atoms with van der Waals surface area (Å²) in [6.45, 7) is 0. The number of fused-ring (bicyclic) bond motifs is 14. The van der Waals surface area contributed by atoms with E-state index in [1.165, 1.54) is 75.1 Å². The molecule has 0 aliphatic heterocycles. The molecule has 57 heavy (non-hydrogen) atoms. The fraction of sp³-hybridized carbons (Fsp3) is 0. The Bertz CT molecular complexity index is 3550. The average Bonchev–Trinajstić information content (AvgIpc) is 3.69. The molecule has 2 nitrogen and oxygen atoms in total. The molecule has 0 saturated heterocycles. The van der Waals surface area contributed by atoms with E-state index in [2.05, 4.69) is 194 Å². The summed E-state index contributed by atoms with van der Waals surface area (Å²) in [6.07, 6.45) is 0. The van der Waals surface area contributed by atoms with E-state index in [0.29, 0.717) is 0 Å². The Morgan fingerprint density at radius 1 is 0.281 bits per heavy atom. The molecule has 0 atom stereocenters. The lowest BCUT2D eigenvalue weighted by Crippen LogP contribution is -1.94. The van der Waals surface area contributed by atoms with E-state index in [0.717, 1.165) is 44.0 Å². The van der Waals surface area contributed by atoms with Gasteiger partial charge >= 0.3 is 0 Å². The number of hydrogen-bond donors (Lipinski definition) is 0. The van der Waals surface area contributed by atoms with Crippen molar-refractivity contribution in [1.29, 1.82) is 0 Å². The van der Waals surface area contributed by atoms with Gasteiger partial charge in [-0.2, -0.15) is 0 Å². The molecule has 0 spiro atoms. The number of nitrogens with zero attached hydrogens (tertiary/aromatic N) is 2. The molecule has 12 rings (SSSR count). The summed E-state index contributed by atoms with van der Waals surface area (Å²) in [7, 11) is 0. The van der Waals surface area contributed by atoms with Crippen molar-refractivity contribution in [1.82, 2.24) is 9.97 Å². The van der Waals surface area contributed by atoms with Gasteiger partial charge in [-0.15, -0.1) is 11.3 Å². The van der Waals surface area contributed by atoms with Gasteiger partial charge in [0.1, 0.15) is 4.83 Å². The molecule has 0 aliphatic carbocycles. The van der Waals surface area contributed by atoms with Crippen LogP contribution in [0.1, 0.15) is 0 Å². The molecule has 2 heterocycles. The van der Waals surface area contributed by atoms with E-state index in [1.54, 1.807) is 11.3 Å². The molecule has 0 N–H and O–H groups in total. The molecule has 10 aromatic carbocycles. The minimum absolute atomic E-state index is 0.730. The van der Waals surface area contributed by atoms with Gasteiger partial charge in [0.05, 0.1) is 5.69 Å². The number of thiophene rings is 1. The molecule has 0 amide bonds. The first-order valence-corrected chi connectivity index (χ1v) is 20.2. The Kier molecular flexibility index (Phi) is 7.13. The summed E-state index contributed by atoms with van der Waals surface area (Å²) < 4.78 is 1.25. The molecule has 0 bridgehead atoms. The molecule has 2 aromatic heterocycles. The van der Waals surface area contributed by atoms with E-state index < -0.39 is 0 Å². The van der Waals surface area contributed by atoms with Gasteiger partial charge < -0.3 is 0 Å². The van der Waals surface area contributed by atoms with Gasteiger partial charge in [0.2, 0.25) is 0 Å². The summed E-state index contributed by atoms with van der Waals surface area (Å²) in [5.41, 5.74) is 7.72. The van der Waals surface area contributed by atoms with Crippen molar-refractivity contribution in [2.75, 3.05) is 0 Å². The monoisotopic (exact) mass is 740 g/mol. The van der Waals surface area contributed by atoms with E-state index in [9.17, 15) is 0 Å². The molecule has 0 saturated carbocycles. The number of rotatable bonds is 4. The predicted molar refractivity (Wildman–Crippen MR) is 244 cm³/mol. The van der Waals surface area contributed by atoms with Crippen molar-refractivity contribution in [2.45, 2.75) is 0 Å². The van der Waals surface area contributed by atoms with Crippen molar-refractivity contribution in [2.24, 2.45) is 0 Å². The molecular formula is C54H32N2S. The van der Waals surface area contributed by atoms with Crippen LogP contribution in [0.15, 0.2) is 194 Å². The van der Waals surface area contributed by atoms with Crippen LogP contribution < -0.4 is 0 Å². The van der Waals surface area contributed by atoms with Crippen molar-refractivity contribution in [3.8, 4) is 44.9 Å². The molecule has 0 radical (unpaired) electrons. The maximum absolute atomic E-state index is 5.42. The fourth-order valence-corrected chi connectivity index (χ4v) is 10.3. The normalized spacial score (nSPS) is 11.9. The van der Waals surface area contributed by atoms with Crippen LogP contribution >= 0.6 is 11.3 Å². The van der Waals surface area contributed by atoms with E-state index in [4.69, 9.17) is 9.97 Å². The highest BCUT2D eigenvalue weighted by atomic mass is 32.1. The standard InChI is InChI=1S/C54H32N2S/c1-2-14-33(15-3-1)51-50-49-46-26-10-8-23-42(46)43-24-9-11-27-47(43)52(49)57-54(50)56-53(55-51)38-19-13-18-36(31-38)34-16-12-17-35(30-34)37-28-29-45-41-22-5-4-20-39(41)40-21-6-7-25-44(40)48(45)32-37/h1-32H. The first-order chi connectivity index (χ1) is 28.3. The van der Waals surface area contributed by atoms with E-state index in [1.807, 2.05) is 0 Å². The Hall–Kier alpha value is -7.20. The second kappa shape index (κ2) is 12.7. The molecular weight excluding hydrogens is 709 g/mol. The Labute approximate surface area is 333 Å². The number of aromatic nitrogens is 2. The zero-order valence-corrected chi connectivity index (χ0v) is 31.6. The molecule has 0 fully saturated rings. The van der Waals surface area contributed by atoms with Crippen molar-refractivity contribution in [3.05, 3.63) is 194 Å². The van der Waals surface area contributed by atoms with Crippen LogP contribution in [0.25, 0.3) is 119 Å². The van der Waals surface area contributed by atoms with Crippen LogP contribution in [0.2, 0.25) is 0 Å². The number of benzene rings is 10. The van der Waals surface area contributed by atoms with Crippen LogP contribution in [-0.2, 0) is 0 Å². The van der Waals surface area contributed by atoms with Gasteiger partial charge in [0, 0.05) is 32.0 Å². The summed E-state index contributed by atoms with van der Waals surface area (Å²) in [5.74, 6) is 0.730. The Morgan fingerprint density at radius 2 is 0.719 bits per heavy atom. The molecule has 0 aliphatic rings. The largest absolute Gasteiger partial charge is 0.227 e. The first-order valence-electron chi connectivity index (χ1n) is 19.4. The summed E-state index contributed by atoms with van der Waals surface area (Å²) in [4.78, 5) is 11.8. The predicted octanol–water partition coefficient (Wildman–Crippen LogP) is 15.3. The maximum atomic E-state index is 5.42. The van der Waals surface area contributed by atoms with Crippen LogP contribution in [0.4, 0.5) is 0 Å². The van der Waals surface area contributed by atoms with Gasteiger partial charge in [-0.05, 0) is 88.9 Å². The van der Waals surface area contributed by atoms with Crippen molar-refractivity contribution < 1.29 is 0 Å². The van der Waals surface area contributed by atoms with Crippen molar-refractivity contribution in [3.63, 3.8) is 0 Å². The first kappa shape index (κ1) is 32.1. The van der Waals surface area contributed by atoms with Gasteiger partial charge in [-0.1, -0.05) is 176 Å². The van der Waals surface area contributed by atoms with Gasteiger partial charge in [-0.3, -0.25) is 0 Å². The average molecular weight is 741 g/mol. The maximum Gasteiger partial charge on any atom is 0.161 e. The van der Waals surface area contributed by atoms with E-state index >= 15 is 0 Å². The third kappa shape index (κ3) is 5.03. The van der Waals surface area contributed by atoms with Gasteiger partial charge in [0.15, 0.2) is 5.82 Å². The third-order valence-electron chi connectivity index (χ3n) is 11.7. The van der Waals surface area contributed by atoms with Crippen LogP contribution in [0.3, 0.4) is 0 Å². The summed E-state index contributed by atoms with van der Waals surface area (Å²) >= 11 is 1.77. The minimum Gasteiger partial charge on any atom is -0.227 e. The lowest BCUT2D eigenvalue weighted by Gasteiger charge is -2.13. The van der Waals surface area contributed by atoms with Crippen LogP contribution in [-0.4, -0.2) is 9.97 Å².